The second-order valence-electron chi connectivity index (χ2n) is 6.42. The first-order chi connectivity index (χ1) is 8.27. The van der Waals surface area contributed by atoms with Gasteiger partial charge in [-0.25, -0.2) is 0 Å². The lowest BCUT2D eigenvalue weighted by molar-refractivity contribution is 0.0526. The molecular formula is C16H26OSi. The van der Waals surface area contributed by atoms with Crippen molar-refractivity contribution in [1.82, 2.24) is 0 Å². The van der Waals surface area contributed by atoms with Crippen LogP contribution in [-0.4, -0.2) is 18.8 Å². The van der Waals surface area contributed by atoms with Gasteiger partial charge in [0.2, 0.25) is 0 Å². The van der Waals surface area contributed by atoms with Crippen molar-refractivity contribution in [2.45, 2.75) is 50.5 Å². The van der Waals surface area contributed by atoms with Gasteiger partial charge in [-0.15, -0.1) is 6.58 Å². The highest BCUT2D eigenvalue weighted by Crippen LogP contribution is 2.37. The molecule has 0 heterocycles. The van der Waals surface area contributed by atoms with E-state index in [9.17, 15) is 5.11 Å². The van der Waals surface area contributed by atoms with Crippen LogP contribution in [0.15, 0.2) is 43.0 Å². The molecule has 2 heteroatoms. The highest BCUT2D eigenvalue weighted by molar-refractivity contribution is 6.78. The van der Waals surface area contributed by atoms with Crippen molar-refractivity contribution in [1.29, 1.82) is 0 Å². The Bertz CT molecular complexity index is 376. The molecule has 0 aromatic heterocycles. The third kappa shape index (κ3) is 4.11. The average Bonchev–Trinajstić information content (AvgIpc) is 2.26. The molecule has 1 aromatic rings. The van der Waals surface area contributed by atoms with Crippen LogP contribution in [0.1, 0.15) is 18.9 Å². The zero-order chi connectivity index (χ0) is 13.8. The second-order valence-corrected chi connectivity index (χ2v) is 11.8. The number of hydrogen-bond donors (Lipinski definition) is 1. The fourth-order valence-electron chi connectivity index (χ4n) is 2.74. The molecule has 0 radical (unpaired) electrons. The Morgan fingerprint density at radius 3 is 2.28 bits per heavy atom. The molecule has 0 saturated carbocycles. The van der Waals surface area contributed by atoms with Crippen LogP contribution in [0, 0.1) is 0 Å². The van der Waals surface area contributed by atoms with E-state index in [-0.39, 0.29) is 5.54 Å². The summed E-state index contributed by atoms with van der Waals surface area (Å²) in [6, 6.07) is 10.4. The lowest BCUT2D eigenvalue weighted by Gasteiger charge is -2.38. The largest absolute Gasteiger partial charge is 0.390 e. The summed E-state index contributed by atoms with van der Waals surface area (Å²) >= 11 is 0. The summed E-state index contributed by atoms with van der Waals surface area (Å²) in [6.45, 7) is 12.7. The maximum Gasteiger partial charge on any atom is 0.0661 e. The summed E-state index contributed by atoms with van der Waals surface area (Å²) in [5, 5.41) is 10.7. The van der Waals surface area contributed by atoms with E-state index in [1.54, 1.807) is 0 Å². The molecule has 0 aliphatic rings. The normalized spacial score (nSPS) is 16.9. The van der Waals surface area contributed by atoms with Crippen molar-refractivity contribution >= 4 is 8.07 Å². The number of hydrogen-bond acceptors (Lipinski definition) is 1. The van der Waals surface area contributed by atoms with Gasteiger partial charge in [0.15, 0.2) is 0 Å². The van der Waals surface area contributed by atoms with Crippen LogP contribution in [0.25, 0.3) is 0 Å². The maximum absolute atomic E-state index is 10.7. The molecule has 2 atom stereocenters. The molecule has 0 aliphatic heterocycles. The number of aryl methyl sites for hydroxylation is 1. The lowest BCUT2D eigenvalue weighted by Crippen LogP contribution is -2.43. The van der Waals surface area contributed by atoms with Crippen LogP contribution < -0.4 is 0 Å². The highest BCUT2D eigenvalue weighted by atomic mass is 28.3. The topological polar surface area (TPSA) is 20.2 Å². The zero-order valence-electron chi connectivity index (χ0n) is 12.1. The van der Waals surface area contributed by atoms with Crippen molar-refractivity contribution < 1.29 is 5.11 Å². The minimum absolute atomic E-state index is 0.230. The fraction of sp³-hybridized carbons (Fsp3) is 0.500. The third-order valence-electron chi connectivity index (χ3n) is 3.60. The second kappa shape index (κ2) is 5.85. The monoisotopic (exact) mass is 262 g/mol. The molecule has 0 saturated heterocycles. The van der Waals surface area contributed by atoms with Crippen LogP contribution in [-0.2, 0) is 6.42 Å². The number of benzene rings is 1. The van der Waals surface area contributed by atoms with E-state index in [1.807, 2.05) is 31.2 Å². The Balaban J connectivity index is 2.72. The molecule has 0 unspecified atom stereocenters. The Labute approximate surface area is 113 Å². The quantitative estimate of drug-likeness (QED) is 0.600. The Kier molecular flexibility index (Phi) is 4.94. The summed E-state index contributed by atoms with van der Waals surface area (Å²) in [4.78, 5) is 0. The van der Waals surface area contributed by atoms with Crippen molar-refractivity contribution in [2.24, 2.45) is 0 Å². The molecule has 0 bridgehead atoms. The molecule has 18 heavy (non-hydrogen) atoms. The standard InChI is InChI=1S/C16H26OSi/c1-6-15(18(3,4)5)16(2,17)13-12-14-10-8-7-9-11-14/h6-11,15,17H,1,12-13H2,2-5H3/t15-,16+/m1/s1. The smallest absolute Gasteiger partial charge is 0.0661 e. The molecule has 1 N–H and O–H groups in total. The van der Waals surface area contributed by atoms with E-state index < -0.39 is 13.7 Å². The van der Waals surface area contributed by atoms with Gasteiger partial charge in [-0.05, 0) is 30.9 Å². The predicted molar refractivity (Wildman–Crippen MR) is 82.7 cm³/mol. The third-order valence-corrected chi connectivity index (χ3v) is 6.32. The molecule has 0 amide bonds. The van der Waals surface area contributed by atoms with Gasteiger partial charge in [-0.1, -0.05) is 56.0 Å². The Morgan fingerprint density at radius 2 is 1.83 bits per heavy atom. The summed E-state index contributed by atoms with van der Waals surface area (Å²) < 4.78 is 0. The predicted octanol–water partition coefficient (Wildman–Crippen LogP) is 4.26. The number of rotatable bonds is 6. The Morgan fingerprint density at radius 1 is 1.28 bits per heavy atom. The van der Waals surface area contributed by atoms with Gasteiger partial charge in [0.25, 0.3) is 0 Å². The van der Waals surface area contributed by atoms with Crippen molar-refractivity contribution in [3.05, 3.63) is 48.6 Å². The molecule has 0 spiro atoms. The summed E-state index contributed by atoms with van der Waals surface area (Å²) in [7, 11) is -1.43. The fourth-order valence-corrected chi connectivity index (χ4v) is 5.46. The van der Waals surface area contributed by atoms with E-state index in [4.69, 9.17) is 0 Å². The first-order valence-electron chi connectivity index (χ1n) is 6.66. The van der Waals surface area contributed by atoms with Crippen molar-refractivity contribution in [3.63, 3.8) is 0 Å². The highest BCUT2D eigenvalue weighted by Gasteiger charge is 2.38. The van der Waals surface area contributed by atoms with E-state index in [1.165, 1.54) is 5.56 Å². The average molecular weight is 262 g/mol. The van der Waals surface area contributed by atoms with Gasteiger partial charge in [-0.3, -0.25) is 0 Å². The van der Waals surface area contributed by atoms with Gasteiger partial charge in [-0.2, -0.15) is 0 Å². The van der Waals surface area contributed by atoms with Crippen LogP contribution >= 0.6 is 0 Å². The summed E-state index contributed by atoms with van der Waals surface area (Å²) in [5.74, 6) is 0. The maximum atomic E-state index is 10.7. The van der Waals surface area contributed by atoms with Gasteiger partial charge >= 0.3 is 0 Å². The minimum atomic E-state index is -1.43. The van der Waals surface area contributed by atoms with E-state index in [0.29, 0.717) is 0 Å². The zero-order valence-corrected chi connectivity index (χ0v) is 13.1. The first kappa shape index (κ1) is 15.2. The molecule has 0 fully saturated rings. The summed E-state index contributed by atoms with van der Waals surface area (Å²) in [6.07, 6.45) is 3.66. The van der Waals surface area contributed by atoms with Crippen molar-refractivity contribution in [2.75, 3.05) is 0 Å². The van der Waals surface area contributed by atoms with Gasteiger partial charge < -0.3 is 5.11 Å². The molecule has 100 valence electrons. The minimum Gasteiger partial charge on any atom is -0.390 e. The molecule has 0 aliphatic carbocycles. The van der Waals surface area contributed by atoms with Crippen LogP contribution in [0.3, 0.4) is 0 Å². The molecule has 1 rings (SSSR count). The van der Waals surface area contributed by atoms with Crippen molar-refractivity contribution in [3.8, 4) is 0 Å². The van der Waals surface area contributed by atoms with Gasteiger partial charge in [0.1, 0.15) is 0 Å². The number of aliphatic hydroxyl groups is 1. The molecule has 1 nitrogen and oxygen atoms in total. The van der Waals surface area contributed by atoms with Crippen LogP contribution in [0.5, 0.6) is 0 Å². The summed E-state index contributed by atoms with van der Waals surface area (Å²) in [5.41, 5.74) is 0.868. The van der Waals surface area contributed by atoms with Gasteiger partial charge in [0, 0.05) is 0 Å². The van der Waals surface area contributed by atoms with Crippen LogP contribution in [0.4, 0.5) is 0 Å². The van der Waals surface area contributed by atoms with E-state index in [2.05, 4.69) is 38.4 Å². The van der Waals surface area contributed by atoms with Gasteiger partial charge in [0.05, 0.1) is 13.7 Å². The van der Waals surface area contributed by atoms with Crippen LogP contribution in [0.2, 0.25) is 25.2 Å². The molecular weight excluding hydrogens is 236 g/mol. The van der Waals surface area contributed by atoms with E-state index >= 15 is 0 Å². The SMILES string of the molecule is C=C[C@H]([C@@](C)(O)CCc1ccccc1)[Si](C)(C)C. The Hall–Kier alpha value is -0.863. The molecule has 1 aromatic carbocycles. The lowest BCUT2D eigenvalue weighted by atomic mass is 9.93. The van der Waals surface area contributed by atoms with E-state index in [0.717, 1.165) is 12.8 Å². The first-order valence-corrected chi connectivity index (χ1v) is 10.2.